The largest absolute Gasteiger partial charge is 0.454 e. The van der Waals surface area contributed by atoms with Crippen molar-refractivity contribution >= 4 is 23.1 Å². The quantitative estimate of drug-likeness (QED) is 0.626. The van der Waals surface area contributed by atoms with E-state index >= 15 is 0 Å². The minimum atomic E-state index is -0.797. The molecule has 1 aromatic heterocycles. The molecule has 1 atom stereocenters. The van der Waals surface area contributed by atoms with Crippen LogP contribution in [0.25, 0.3) is 0 Å². The standard InChI is InChI=1S/C17H19NO3S/c1-10-5-6-14(7-11(10)2)17(20)12(3)21-16(19)8-15-9-22-13(4)18-15/h5-7,9,12H,8H2,1-4H3. The Balaban J connectivity index is 1.98. The summed E-state index contributed by atoms with van der Waals surface area (Å²) in [6, 6.07) is 5.49. The van der Waals surface area contributed by atoms with Crippen LogP contribution in [0.3, 0.4) is 0 Å². The molecule has 5 heteroatoms. The minimum Gasteiger partial charge on any atom is -0.454 e. The minimum absolute atomic E-state index is 0.0921. The van der Waals surface area contributed by atoms with Gasteiger partial charge in [0.05, 0.1) is 17.1 Å². The number of hydrogen-bond acceptors (Lipinski definition) is 5. The molecule has 0 saturated carbocycles. The average Bonchev–Trinajstić information content (AvgIpc) is 2.86. The van der Waals surface area contributed by atoms with E-state index in [1.807, 2.05) is 38.3 Å². The number of ether oxygens (including phenoxy) is 1. The van der Waals surface area contributed by atoms with Gasteiger partial charge in [0.15, 0.2) is 6.10 Å². The Kier molecular flexibility index (Phi) is 5.08. The Morgan fingerprint density at radius 1 is 1.23 bits per heavy atom. The van der Waals surface area contributed by atoms with Gasteiger partial charge in [-0.25, -0.2) is 4.98 Å². The summed E-state index contributed by atoms with van der Waals surface area (Å²) in [6.07, 6.45) is -0.705. The second-order valence-electron chi connectivity index (χ2n) is 5.33. The molecule has 0 spiro atoms. The fourth-order valence-corrected chi connectivity index (χ4v) is 2.67. The molecule has 0 fully saturated rings. The molecule has 1 unspecified atom stereocenters. The molecule has 1 aromatic carbocycles. The number of Topliss-reactive ketones (excluding diaryl/α,β-unsaturated/α-hetero) is 1. The van der Waals surface area contributed by atoms with Crippen LogP contribution in [0.15, 0.2) is 23.6 Å². The third-order valence-corrected chi connectivity index (χ3v) is 4.28. The van der Waals surface area contributed by atoms with E-state index in [4.69, 9.17) is 4.74 Å². The number of esters is 1. The van der Waals surface area contributed by atoms with E-state index in [1.165, 1.54) is 11.3 Å². The molecule has 2 rings (SSSR count). The molecule has 0 N–H and O–H groups in total. The number of nitrogens with zero attached hydrogens (tertiary/aromatic N) is 1. The number of hydrogen-bond donors (Lipinski definition) is 0. The Labute approximate surface area is 134 Å². The van der Waals surface area contributed by atoms with E-state index in [9.17, 15) is 9.59 Å². The van der Waals surface area contributed by atoms with Crippen molar-refractivity contribution in [2.24, 2.45) is 0 Å². The van der Waals surface area contributed by atoms with Crippen molar-refractivity contribution in [3.8, 4) is 0 Å². The molecule has 0 saturated heterocycles. The van der Waals surface area contributed by atoms with Crippen LogP contribution in [0.1, 0.15) is 39.1 Å². The fourth-order valence-electron chi connectivity index (χ4n) is 2.06. The molecular weight excluding hydrogens is 298 g/mol. The number of aryl methyl sites for hydroxylation is 3. The fraction of sp³-hybridized carbons (Fsp3) is 0.353. The lowest BCUT2D eigenvalue weighted by molar-refractivity contribution is -0.145. The predicted octanol–water partition coefficient (Wildman–Crippen LogP) is 3.43. The van der Waals surface area contributed by atoms with Gasteiger partial charge in [0.1, 0.15) is 0 Å². The highest BCUT2D eigenvalue weighted by Crippen LogP contribution is 2.14. The number of rotatable bonds is 5. The zero-order valence-corrected chi connectivity index (χ0v) is 14.0. The maximum Gasteiger partial charge on any atom is 0.312 e. The van der Waals surface area contributed by atoms with Crippen LogP contribution < -0.4 is 0 Å². The van der Waals surface area contributed by atoms with E-state index in [2.05, 4.69) is 4.98 Å². The van der Waals surface area contributed by atoms with Gasteiger partial charge in [-0.3, -0.25) is 9.59 Å². The number of benzene rings is 1. The highest BCUT2D eigenvalue weighted by atomic mass is 32.1. The van der Waals surface area contributed by atoms with Gasteiger partial charge in [0.2, 0.25) is 5.78 Å². The van der Waals surface area contributed by atoms with E-state index in [1.54, 1.807) is 13.0 Å². The van der Waals surface area contributed by atoms with E-state index in [-0.39, 0.29) is 12.2 Å². The monoisotopic (exact) mass is 317 g/mol. The molecule has 1 heterocycles. The summed E-state index contributed by atoms with van der Waals surface area (Å²) < 4.78 is 5.23. The molecule has 2 aromatic rings. The predicted molar refractivity (Wildman–Crippen MR) is 86.4 cm³/mol. The highest BCUT2D eigenvalue weighted by molar-refractivity contribution is 7.09. The molecule has 0 aliphatic rings. The SMILES string of the molecule is Cc1nc(CC(=O)OC(C)C(=O)c2ccc(C)c(C)c2)cs1. The number of thiazole rings is 1. The first-order valence-electron chi connectivity index (χ1n) is 7.08. The van der Waals surface area contributed by atoms with Gasteiger partial charge in [-0.1, -0.05) is 12.1 Å². The summed E-state index contributed by atoms with van der Waals surface area (Å²) in [6.45, 7) is 7.42. The second-order valence-corrected chi connectivity index (χ2v) is 6.39. The van der Waals surface area contributed by atoms with Gasteiger partial charge in [0, 0.05) is 10.9 Å². The van der Waals surface area contributed by atoms with Crippen molar-refractivity contribution in [2.75, 3.05) is 0 Å². The van der Waals surface area contributed by atoms with Crippen LogP contribution in [-0.4, -0.2) is 22.8 Å². The van der Waals surface area contributed by atoms with Crippen molar-refractivity contribution in [3.63, 3.8) is 0 Å². The van der Waals surface area contributed by atoms with Gasteiger partial charge in [0.25, 0.3) is 0 Å². The Bertz CT molecular complexity index is 706. The summed E-state index contributed by atoms with van der Waals surface area (Å²) in [7, 11) is 0. The third-order valence-electron chi connectivity index (χ3n) is 3.46. The lowest BCUT2D eigenvalue weighted by Gasteiger charge is -2.13. The zero-order chi connectivity index (χ0) is 16.3. The molecule has 4 nitrogen and oxygen atoms in total. The van der Waals surface area contributed by atoms with Gasteiger partial charge in [-0.05, 0) is 44.9 Å². The molecule has 22 heavy (non-hydrogen) atoms. The third kappa shape index (κ3) is 4.01. The Morgan fingerprint density at radius 2 is 1.95 bits per heavy atom. The van der Waals surface area contributed by atoms with Crippen LogP contribution in [0.2, 0.25) is 0 Å². The second kappa shape index (κ2) is 6.83. The molecule has 0 aliphatic heterocycles. The van der Waals surface area contributed by atoms with Crippen LogP contribution in [-0.2, 0) is 16.0 Å². The van der Waals surface area contributed by atoms with Crippen molar-refractivity contribution < 1.29 is 14.3 Å². The summed E-state index contributed by atoms with van der Waals surface area (Å²) in [5, 5.41) is 2.73. The summed E-state index contributed by atoms with van der Waals surface area (Å²) in [4.78, 5) is 28.4. The van der Waals surface area contributed by atoms with E-state index in [0.29, 0.717) is 11.3 Å². The van der Waals surface area contributed by atoms with Crippen LogP contribution >= 0.6 is 11.3 Å². The zero-order valence-electron chi connectivity index (χ0n) is 13.2. The summed E-state index contributed by atoms with van der Waals surface area (Å²) in [5.41, 5.74) is 3.41. The Hall–Kier alpha value is -2.01. The first kappa shape index (κ1) is 16.4. The van der Waals surface area contributed by atoms with Gasteiger partial charge < -0.3 is 4.74 Å². The topological polar surface area (TPSA) is 56.3 Å². The van der Waals surface area contributed by atoms with Gasteiger partial charge >= 0.3 is 5.97 Å². The van der Waals surface area contributed by atoms with Crippen molar-refractivity contribution in [1.29, 1.82) is 0 Å². The maximum absolute atomic E-state index is 12.3. The molecular formula is C17H19NO3S. The lowest BCUT2D eigenvalue weighted by atomic mass is 10.0. The molecule has 0 amide bonds. The van der Waals surface area contributed by atoms with Gasteiger partial charge in [-0.2, -0.15) is 0 Å². The highest BCUT2D eigenvalue weighted by Gasteiger charge is 2.20. The van der Waals surface area contributed by atoms with Gasteiger partial charge in [-0.15, -0.1) is 11.3 Å². The average molecular weight is 317 g/mol. The number of carbonyl (C=O) groups is 2. The van der Waals surface area contributed by atoms with E-state index in [0.717, 1.165) is 16.1 Å². The first-order chi connectivity index (χ1) is 10.4. The first-order valence-corrected chi connectivity index (χ1v) is 7.96. The van der Waals surface area contributed by atoms with E-state index < -0.39 is 12.1 Å². The summed E-state index contributed by atoms with van der Waals surface area (Å²) >= 11 is 1.49. The van der Waals surface area contributed by atoms with Crippen molar-refractivity contribution in [2.45, 2.75) is 40.2 Å². The van der Waals surface area contributed by atoms with Crippen molar-refractivity contribution in [3.05, 3.63) is 51.0 Å². The smallest absolute Gasteiger partial charge is 0.312 e. The van der Waals surface area contributed by atoms with Crippen molar-refractivity contribution in [1.82, 2.24) is 4.98 Å². The van der Waals surface area contributed by atoms with Crippen LogP contribution in [0.4, 0.5) is 0 Å². The normalized spacial score (nSPS) is 12.0. The Morgan fingerprint density at radius 3 is 2.55 bits per heavy atom. The summed E-state index contributed by atoms with van der Waals surface area (Å²) in [5.74, 6) is -0.624. The van der Waals surface area contributed by atoms with Crippen LogP contribution in [0, 0.1) is 20.8 Å². The number of ketones is 1. The molecule has 0 radical (unpaired) electrons. The maximum atomic E-state index is 12.3. The lowest BCUT2D eigenvalue weighted by Crippen LogP contribution is -2.25. The number of carbonyl (C=O) groups excluding carboxylic acids is 2. The molecule has 0 bridgehead atoms. The van der Waals surface area contributed by atoms with Crippen LogP contribution in [0.5, 0.6) is 0 Å². The molecule has 0 aliphatic carbocycles. The number of aromatic nitrogens is 1. The molecule has 116 valence electrons.